The predicted octanol–water partition coefficient (Wildman–Crippen LogP) is 1.32. The van der Waals surface area contributed by atoms with Crippen molar-refractivity contribution in [3.63, 3.8) is 0 Å². The van der Waals surface area contributed by atoms with Crippen molar-refractivity contribution in [2.24, 2.45) is 12.1 Å². The fourth-order valence-electron chi connectivity index (χ4n) is 1.16. The van der Waals surface area contributed by atoms with Gasteiger partial charge in [0.15, 0.2) is 0 Å². The molecule has 1 N–H and O–H groups in total. The molecule has 0 atom stereocenters. The topological polar surface area (TPSA) is 42.2 Å². The zero-order valence-corrected chi connectivity index (χ0v) is 8.34. The Hall–Kier alpha value is -0.970. The maximum Gasteiger partial charge on any atom is 0.0941 e. The van der Waals surface area contributed by atoms with E-state index >= 15 is 0 Å². The summed E-state index contributed by atoms with van der Waals surface area (Å²) in [5.74, 6) is 2.26. The smallest absolute Gasteiger partial charge is 0.0941 e. The van der Waals surface area contributed by atoms with Crippen LogP contribution in [0.2, 0.25) is 0 Å². The number of nitrogens with zero attached hydrogens (tertiary/aromatic N) is 3. The Morgan fingerprint density at radius 2 is 2.62 bits per heavy atom. The van der Waals surface area contributed by atoms with E-state index in [1.807, 2.05) is 25.0 Å². The van der Waals surface area contributed by atoms with E-state index < -0.39 is 0 Å². The van der Waals surface area contributed by atoms with Crippen LogP contribution in [0.5, 0.6) is 0 Å². The second-order valence-corrected chi connectivity index (χ2v) is 4.10. The van der Waals surface area contributed by atoms with Gasteiger partial charge in [-0.2, -0.15) is 22.0 Å². The standard InChI is InChI=1S/C8H12N4S/c1-12-5-8(4-9-12)11-10-7-2-3-13-6-7/h4-5,11H,2-3,6H2,1H3/b10-7-. The molecule has 0 amide bonds. The summed E-state index contributed by atoms with van der Waals surface area (Å²) in [6.45, 7) is 0. The Balaban J connectivity index is 1.95. The maximum absolute atomic E-state index is 4.30. The van der Waals surface area contributed by atoms with Crippen LogP contribution in [0.25, 0.3) is 0 Å². The summed E-state index contributed by atoms with van der Waals surface area (Å²) < 4.78 is 1.76. The van der Waals surface area contributed by atoms with Crippen LogP contribution in [-0.4, -0.2) is 27.0 Å². The fraction of sp³-hybridized carbons (Fsp3) is 0.500. The second kappa shape index (κ2) is 3.83. The molecule has 5 heteroatoms. The van der Waals surface area contributed by atoms with Gasteiger partial charge in [0.05, 0.1) is 11.9 Å². The minimum Gasteiger partial charge on any atom is -0.275 e. The SMILES string of the molecule is Cn1cc(N/N=C2/CCSC2)cn1. The summed E-state index contributed by atoms with van der Waals surface area (Å²) in [5, 5.41) is 8.34. The van der Waals surface area contributed by atoms with Crippen molar-refractivity contribution in [1.29, 1.82) is 0 Å². The van der Waals surface area contributed by atoms with Crippen molar-refractivity contribution < 1.29 is 0 Å². The summed E-state index contributed by atoms with van der Waals surface area (Å²) >= 11 is 1.93. The molecule has 0 radical (unpaired) electrons. The number of hydrogen-bond acceptors (Lipinski definition) is 4. The number of nitrogens with one attached hydrogen (secondary N) is 1. The lowest BCUT2D eigenvalue weighted by Crippen LogP contribution is -1.99. The highest BCUT2D eigenvalue weighted by Crippen LogP contribution is 2.14. The molecule has 0 spiro atoms. The predicted molar refractivity (Wildman–Crippen MR) is 56.2 cm³/mol. The van der Waals surface area contributed by atoms with Crippen LogP contribution in [0.3, 0.4) is 0 Å². The monoisotopic (exact) mass is 196 g/mol. The first kappa shape index (κ1) is 8.62. The lowest BCUT2D eigenvalue weighted by atomic mass is 10.3. The summed E-state index contributed by atoms with van der Waals surface area (Å²) in [6, 6.07) is 0. The van der Waals surface area contributed by atoms with E-state index in [0.29, 0.717) is 0 Å². The molecule has 70 valence electrons. The molecule has 1 aliphatic heterocycles. The molecule has 1 aromatic heterocycles. The van der Waals surface area contributed by atoms with Crippen molar-refractivity contribution in [3.8, 4) is 0 Å². The summed E-state index contributed by atoms with van der Waals surface area (Å²) in [7, 11) is 1.89. The highest BCUT2D eigenvalue weighted by molar-refractivity contribution is 8.00. The molecule has 0 saturated carbocycles. The largest absolute Gasteiger partial charge is 0.275 e. The van der Waals surface area contributed by atoms with Crippen molar-refractivity contribution >= 4 is 23.2 Å². The number of aromatic nitrogens is 2. The molecule has 1 fully saturated rings. The first-order valence-electron chi connectivity index (χ1n) is 4.22. The van der Waals surface area contributed by atoms with Crippen LogP contribution in [0, 0.1) is 0 Å². The average Bonchev–Trinajstić information content (AvgIpc) is 2.71. The van der Waals surface area contributed by atoms with Crippen LogP contribution in [0.4, 0.5) is 5.69 Å². The number of aryl methyl sites for hydroxylation is 1. The third-order valence-electron chi connectivity index (χ3n) is 1.85. The molecule has 4 nitrogen and oxygen atoms in total. The van der Waals surface area contributed by atoms with Gasteiger partial charge in [-0.25, -0.2) is 0 Å². The molecule has 0 aliphatic carbocycles. The Bertz CT molecular complexity index is 310. The van der Waals surface area contributed by atoms with E-state index in [-0.39, 0.29) is 0 Å². The first-order chi connectivity index (χ1) is 6.34. The van der Waals surface area contributed by atoms with Gasteiger partial charge in [-0.1, -0.05) is 0 Å². The number of rotatable bonds is 2. The van der Waals surface area contributed by atoms with Crippen molar-refractivity contribution in [1.82, 2.24) is 9.78 Å². The lowest BCUT2D eigenvalue weighted by Gasteiger charge is -1.96. The normalized spacial score (nSPS) is 19.6. The van der Waals surface area contributed by atoms with Crippen LogP contribution >= 0.6 is 11.8 Å². The van der Waals surface area contributed by atoms with Gasteiger partial charge < -0.3 is 0 Å². The quantitative estimate of drug-likeness (QED) is 0.725. The van der Waals surface area contributed by atoms with E-state index in [1.165, 1.54) is 11.5 Å². The van der Waals surface area contributed by atoms with Gasteiger partial charge in [-0.05, 0) is 12.2 Å². The highest BCUT2D eigenvalue weighted by Gasteiger charge is 2.07. The molecule has 0 bridgehead atoms. The van der Waals surface area contributed by atoms with E-state index in [4.69, 9.17) is 0 Å². The molecule has 1 aliphatic rings. The number of hydrazone groups is 1. The van der Waals surface area contributed by atoms with Crippen molar-refractivity contribution in [2.45, 2.75) is 6.42 Å². The van der Waals surface area contributed by atoms with Gasteiger partial charge in [0.25, 0.3) is 0 Å². The van der Waals surface area contributed by atoms with Gasteiger partial charge in [-0.3, -0.25) is 10.1 Å². The molecule has 0 aromatic carbocycles. The van der Waals surface area contributed by atoms with Crippen LogP contribution in [0.15, 0.2) is 17.5 Å². The third-order valence-corrected chi connectivity index (χ3v) is 2.88. The number of anilines is 1. The van der Waals surface area contributed by atoms with Crippen molar-refractivity contribution in [2.75, 3.05) is 16.9 Å². The zero-order valence-electron chi connectivity index (χ0n) is 7.53. The highest BCUT2D eigenvalue weighted by atomic mass is 32.2. The minimum atomic E-state index is 0.951. The fourth-order valence-corrected chi connectivity index (χ4v) is 2.13. The Morgan fingerprint density at radius 1 is 1.69 bits per heavy atom. The number of hydrogen-bond donors (Lipinski definition) is 1. The third kappa shape index (κ3) is 2.24. The molecular weight excluding hydrogens is 184 g/mol. The van der Waals surface area contributed by atoms with Gasteiger partial charge in [0.1, 0.15) is 0 Å². The van der Waals surface area contributed by atoms with Crippen LogP contribution < -0.4 is 5.43 Å². The van der Waals surface area contributed by atoms with Gasteiger partial charge in [0.2, 0.25) is 0 Å². The molecule has 0 unspecified atom stereocenters. The van der Waals surface area contributed by atoms with Gasteiger partial charge in [-0.15, -0.1) is 0 Å². The van der Waals surface area contributed by atoms with Crippen molar-refractivity contribution in [3.05, 3.63) is 12.4 Å². The Kier molecular flexibility index (Phi) is 2.54. The van der Waals surface area contributed by atoms with E-state index in [0.717, 1.165) is 17.9 Å². The molecule has 1 aromatic rings. The summed E-state index contributed by atoms with van der Waals surface area (Å²) in [6.07, 6.45) is 4.79. The van der Waals surface area contributed by atoms with E-state index in [1.54, 1.807) is 10.9 Å². The maximum atomic E-state index is 4.30. The number of thioether (sulfide) groups is 1. The molecule has 1 saturated heterocycles. The minimum absolute atomic E-state index is 0.951. The van der Waals surface area contributed by atoms with E-state index in [9.17, 15) is 0 Å². The lowest BCUT2D eigenvalue weighted by molar-refractivity contribution is 0.768. The molecule has 2 rings (SSSR count). The van der Waals surface area contributed by atoms with E-state index in [2.05, 4.69) is 15.6 Å². The van der Waals surface area contributed by atoms with Gasteiger partial charge in [0, 0.05) is 24.7 Å². The van der Waals surface area contributed by atoms with Gasteiger partial charge >= 0.3 is 0 Å². The second-order valence-electron chi connectivity index (χ2n) is 3.00. The summed E-state index contributed by atoms with van der Waals surface area (Å²) in [5.41, 5.74) is 5.19. The Labute approximate surface area is 81.4 Å². The first-order valence-corrected chi connectivity index (χ1v) is 5.38. The molecular formula is C8H12N4S. The molecule has 2 heterocycles. The molecule has 13 heavy (non-hydrogen) atoms. The van der Waals surface area contributed by atoms with Crippen LogP contribution in [-0.2, 0) is 7.05 Å². The Morgan fingerprint density at radius 3 is 3.23 bits per heavy atom. The van der Waals surface area contributed by atoms with Crippen LogP contribution in [0.1, 0.15) is 6.42 Å². The average molecular weight is 196 g/mol. The zero-order chi connectivity index (χ0) is 9.10. The summed E-state index contributed by atoms with van der Waals surface area (Å²) in [4.78, 5) is 0.